The van der Waals surface area contributed by atoms with Crippen molar-refractivity contribution >= 4 is 5.91 Å². The van der Waals surface area contributed by atoms with E-state index in [-0.39, 0.29) is 24.8 Å². The summed E-state index contributed by atoms with van der Waals surface area (Å²) in [4.78, 5) is 11.8. The van der Waals surface area contributed by atoms with Gasteiger partial charge in [-0.2, -0.15) is 0 Å². The molecule has 0 spiro atoms. The standard InChI is InChI=1S/C15H19F2NO2/c1-10(12-6-7-20-9-12)18-15(19)5-3-11-2-4-13(16)8-14(11)17/h2,4,8,10,12H,3,5-7,9H2,1H3,(H,18,19)/t10-,12+/m0/s1. The smallest absolute Gasteiger partial charge is 0.220 e. The van der Waals surface area contributed by atoms with Crippen LogP contribution in [-0.4, -0.2) is 25.2 Å². The van der Waals surface area contributed by atoms with Crippen LogP contribution >= 0.6 is 0 Å². The molecule has 1 saturated heterocycles. The van der Waals surface area contributed by atoms with Gasteiger partial charge >= 0.3 is 0 Å². The number of ether oxygens (including phenoxy) is 1. The van der Waals surface area contributed by atoms with Gasteiger partial charge < -0.3 is 10.1 Å². The third-order valence-electron chi connectivity index (χ3n) is 3.70. The van der Waals surface area contributed by atoms with Gasteiger partial charge in [0.05, 0.1) is 6.61 Å². The number of carbonyl (C=O) groups is 1. The molecule has 3 nitrogen and oxygen atoms in total. The Balaban J connectivity index is 1.79. The van der Waals surface area contributed by atoms with Gasteiger partial charge in [0.1, 0.15) is 11.6 Å². The Kier molecular flexibility index (Phi) is 5.06. The number of amides is 1. The zero-order valence-corrected chi connectivity index (χ0v) is 11.5. The maximum atomic E-state index is 13.4. The maximum absolute atomic E-state index is 13.4. The predicted molar refractivity (Wildman–Crippen MR) is 71.2 cm³/mol. The Morgan fingerprint density at radius 2 is 2.30 bits per heavy atom. The van der Waals surface area contributed by atoms with Crippen LogP contribution in [0.1, 0.15) is 25.3 Å². The molecule has 1 heterocycles. The summed E-state index contributed by atoms with van der Waals surface area (Å²) < 4.78 is 31.5. The van der Waals surface area contributed by atoms with Gasteiger partial charge in [-0.05, 0) is 31.4 Å². The molecule has 0 radical (unpaired) electrons. The van der Waals surface area contributed by atoms with Crippen LogP contribution in [-0.2, 0) is 16.0 Å². The Morgan fingerprint density at radius 3 is 2.95 bits per heavy atom. The van der Waals surface area contributed by atoms with Gasteiger partial charge in [-0.15, -0.1) is 0 Å². The molecule has 2 rings (SSSR count). The molecular weight excluding hydrogens is 264 g/mol. The highest BCUT2D eigenvalue weighted by Crippen LogP contribution is 2.17. The van der Waals surface area contributed by atoms with Crippen molar-refractivity contribution in [3.8, 4) is 0 Å². The van der Waals surface area contributed by atoms with Crippen LogP contribution < -0.4 is 5.32 Å². The van der Waals surface area contributed by atoms with Gasteiger partial charge in [0, 0.05) is 31.1 Å². The largest absolute Gasteiger partial charge is 0.381 e. The first-order valence-corrected chi connectivity index (χ1v) is 6.87. The van der Waals surface area contributed by atoms with E-state index in [0.29, 0.717) is 18.1 Å². The first-order valence-electron chi connectivity index (χ1n) is 6.87. The minimum absolute atomic E-state index is 0.0584. The van der Waals surface area contributed by atoms with Gasteiger partial charge in [-0.1, -0.05) is 6.07 Å². The molecule has 1 aliphatic heterocycles. The Labute approximate surface area is 117 Å². The molecule has 1 aromatic carbocycles. The quantitative estimate of drug-likeness (QED) is 0.901. The van der Waals surface area contributed by atoms with E-state index < -0.39 is 11.6 Å². The van der Waals surface area contributed by atoms with E-state index in [2.05, 4.69) is 5.32 Å². The Hall–Kier alpha value is -1.49. The molecule has 2 atom stereocenters. The molecule has 1 aliphatic rings. The van der Waals surface area contributed by atoms with Gasteiger partial charge in [0.2, 0.25) is 5.91 Å². The van der Waals surface area contributed by atoms with Gasteiger partial charge in [-0.25, -0.2) is 8.78 Å². The molecule has 1 N–H and O–H groups in total. The summed E-state index contributed by atoms with van der Waals surface area (Å²) in [6.45, 7) is 3.37. The minimum atomic E-state index is -0.606. The highest BCUT2D eigenvalue weighted by Gasteiger charge is 2.23. The molecule has 1 fully saturated rings. The lowest BCUT2D eigenvalue weighted by Crippen LogP contribution is -2.38. The zero-order valence-electron chi connectivity index (χ0n) is 11.5. The van der Waals surface area contributed by atoms with Crippen molar-refractivity contribution in [3.63, 3.8) is 0 Å². The predicted octanol–water partition coefficient (Wildman–Crippen LogP) is 2.44. The second kappa shape index (κ2) is 6.79. The maximum Gasteiger partial charge on any atom is 0.220 e. The second-order valence-corrected chi connectivity index (χ2v) is 5.22. The van der Waals surface area contributed by atoms with Crippen LogP contribution in [0.25, 0.3) is 0 Å². The molecule has 5 heteroatoms. The Morgan fingerprint density at radius 1 is 1.50 bits per heavy atom. The molecule has 0 bridgehead atoms. The molecule has 110 valence electrons. The number of hydrogen-bond donors (Lipinski definition) is 1. The normalized spacial score (nSPS) is 19.9. The SMILES string of the molecule is C[C@H](NC(=O)CCc1ccc(F)cc1F)[C@@H]1CCOC1. The first-order chi connectivity index (χ1) is 9.56. The summed E-state index contributed by atoms with van der Waals surface area (Å²) >= 11 is 0. The van der Waals surface area contributed by atoms with E-state index in [1.165, 1.54) is 12.1 Å². The third kappa shape index (κ3) is 4.00. The fraction of sp³-hybridized carbons (Fsp3) is 0.533. The van der Waals surface area contributed by atoms with Gasteiger partial charge in [0.25, 0.3) is 0 Å². The van der Waals surface area contributed by atoms with Crippen LogP contribution in [0, 0.1) is 17.6 Å². The lowest BCUT2D eigenvalue weighted by molar-refractivity contribution is -0.122. The second-order valence-electron chi connectivity index (χ2n) is 5.22. The van der Waals surface area contributed by atoms with Crippen molar-refractivity contribution < 1.29 is 18.3 Å². The fourth-order valence-electron chi connectivity index (χ4n) is 2.36. The van der Waals surface area contributed by atoms with E-state index in [1.807, 2.05) is 6.92 Å². The number of halogens is 2. The number of nitrogens with one attached hydrogen (secondary N) is 1. The fourth-order valence-corrected chi connectivity index (χ4v) is 2.36. The topological polar surface area (TPSA) is 38.3 Å². The van der Waals surface area contributed by atoms with Crippen LogP contribution in [0.2, 0.25) is 0 Å². The molecular formula is C15H19F2NO2. The zero-order chi connectivity index (χ0) is 14.5. The van der Waals surface area contributed by atoms with Crippen LogP contribution in [0.15, 0.2) is 18.2 Å². The van der Waals surface area contributed by atoms with Crippen molar-refractivity contribution in [1.82, 2.24) is 5.32 Å². The lowest BCUT2D eigenvalue weighted by atomic mass is 10.0. The lowest BCUT2D eigenvalue weighted by Gasteiger charge is -2.19. The molecule has 0 saturated carbocycles. The summed E-state index contributed by atoms with van der Waals surface area (Å²) in [7, 11) is 0. The van der Waals surface area contributed by atoms with Crippen molar-refractivity contribution in [2.45, 2.75) is 32.2 Å². The first kappa shape index (κ1) is 14.9. The number of benzene rings is 1. The summed E-state index contributed by atoms with van der Waals surface area (Å²) in [5, 5.41) is 2.91. The summed E-state index contributed by atoms with van der Waals surface area (Å²) in [6, 6.07) is 3.48. The highest BCUT2D eigenvalue weighted by molar-refractivity contribution is 5.76. The number of rotatable bonds is 5. The molecule has 1 amide bonds. The molecule has 0 unspecified atom stereocenters. The molecule has 20 heavy (non-hydrogen) atoms. The van der Waals surface area contributed by atoms with Crippen LogP contribution in [0.3, 0.4) is 0 Å². The van der Waals surface area contributed by atoms with Crippen LogP contribution in [0.4, 0.5) is 8.78 Å². The van der Waals surface area contributed by atoms with Crippen LogP contribution in [0.5, 0.6) is 0 Å². The number of carbonyl (C=O) groups excluding carboxylic acids is 1. The summed E-state index contributed by atoms with van der Waals surface area (Å²) in [5.74, 6) is -0.977. The summed E-state index contributed by atoms with van der Waals surface area (Å²) in [5.41, 5.74) is 0.360. The van der Waals surface area contributed by atoms with Crippen molar-refractivity contribution in [2.75, 3.05) is 13.2 Å². The molecule has 1 aromatic rings. The Bertz CT molecular complexity index is 473. The monoisotopic (exact) mass is 283 g/mol. The average Bonchev–Trinajstić information content (AvgIpc) is 2.91. The van der Waals surface area contributed by atoms with E-state index in [1.54, 1.807) is 0 Å². The molecule has 0 aromatic heterocycles. The summed E-state index contributed by atoms with van der Waals surface area (Å²) in [6.07, 6.45) is 1.42. The number of aryl methyl sites for hydroxylation is 1. The highest BCUT2D eigenvalue weighted by atomic mass is 19.1. The molecule has 0 aliphatic carbocycles. The van der Waals surface area contributed by atoms with Gasteiger partial charge in [-0.3, -0.25) is 4.79 Å². The van der Waals surface area contributed by atoms with Crippen molar-refractivity contribution in [2.24, 2.45) is 5.92 Å². The number of hydrogen-bond acceptors (Lipinski definition) is 2. The minimum Gasteiger partial charge on any atom is -0.381 e. The third-order valence-corrected chi connectivity index (χ3v) is 3.70. The van der Waals surface area contributed by atoms with Crippen molar-refractivity contribution in [1.29, 1.82) is 0 Å². The average molecular weight is 283 g/mol. The van der Waals surface area contributed by atoms with E-state index in [4.69, 9.17) is 4.74 Å². The van der Waals surface area contributed by atoms with E-state index >= 15 is 0 Å². The van der Waals surface area contributed by atoms with E-state index in [0.717, 1.165) is 19.1 Å². The van der Waals surface area contributed by atoms with Gasteiger partial charge in [0.15, 0.2) is 0 Å². The van der Waals surface area contributed by atoms with Crippen molar-refractivity contribution in [3.05, 3.63) is 35.4 Å². The van der Waals surface area contributed by atoms with E-state index in [9.17, 15) is 13.6 Å².